The van der Waals surface area contributed by atoms with Gasteiger partial charge in [-0.1, -0.05) is 30.0 Å². The minimum absolute atomic E-state index is 0.392. The number of carboxylic acids is 1. The van der Waals surface area contributed by atoms with Crippen LogP contribution in [0.15, 0.2) is 33.9 Å². The molecule has 0 bridgehead atoms. The van der Waals surface area contributed by atoms with Crippen LogP contribution >= 0.6 is 23.1 Å². The molecule has 0 spiro atoms. The second-order valence-corrected chi connectivity index (χ2v) is 6.60. The lowest BCUT2D eigenvalue weighted by atomic mass is 10.1. The first kappa shape index (κ1) is 14.2. The topological polar surface area (TPSA) is 63.3 Å². The van der Waals surface area contributed by atoms with Crippen LogP contribution < -0.4 is 0 Å². The molecule has 0 aliphatic heterocycles. The molecule has 0 saturated carbocycles. The van der Waals surface area contributed by atoms with Crippen LogP contribution in [0.25, 0.3) is 10.1 Å². The lowest BCUT2D eigenvalue weighted by molar-refractivity contribution is 0.0701. The van der Waals surface area contributed by atoms with Crippen molar-refractivity contribution in [3.8, 4) is 0 Å². The van der Waals surface area contributed by atoms with Crippen LogP contribution in [0.4, 0.5) is 0 Å². The van der Waals surface area contributed by atoms with Crippen molar-refractivity contribution >= 4 is 39.2 Å². The number of thiophene rings is 1. The third-order valence-electron chi connectivity index (χ3n) is 3.24. The second-order valence-electron chi connectivity index (χ2n) is 4.62. The summed E-state index contributed by atoms with van der Waals surface area (Å²) in [5, 5.41) is 10.9. The zero-order valence-corrected chi connectivity index (χ0v) is 13.2. The summed E-state index contributed by atoms with van der Waals surface area (Å²) >= 11 is 2.74. The van der Waals surface area contributed by atoms with Crippen LogP contribution in [-0.4, -0.2) is 16.1 Å². The maximum atomic E-state index is 11.4. The highest BCUT2D eigenvalue weighted by molar-refractivity contribution is 7.98. The Morgan fingerprint density at radius 1 is 1.38 bits per heavy atom. The maximum Gasteiger partial charge on any atom is 0.346 e. The molecule has 0 saturated heterocycles. The summed E-state index contributed by atoms with van der Waals surface area (Å²) in [7, 11) is 0. The van der Waals surface area contributed by atoms with Gasteiger partial charge in [0.15, 0.2) is 0 Å². The van der Waals surface area contributed by atoms with E-state index in [1.807, 2.05) is 38.1 Å². The molecule has 108 valence electrons. The van der Waals surface area contributed by atoms with Crippen molar-refractivity contribution in [1.29, 1.82) is 0 Å². The van der Waals surface area contributed by atoms with E-state index in [-0.39, 0.29) is 0 Å². The number of aryl methyl sites for hydroxylation is 2. The molecular formula is C15H13NO3S2. The standard InChI is InChI=1S/C15H13NO3S2/c1-8-9(2)19-15(16-8)20-7-11-10-5-3-4-6-12(10)21-13(11)14(17)18/h3-6H,7H2,1-2H3,(H,17,18). The number of fused-ring (bicyclic) bond motifs is 1. The van der Waals surface area contributed by atoms with Crippen LogP contribution in [0.3, 0.4) is 0 Å². The molecule has 3 aromatic rings. The molecule has 1 N–H and O–H groups in total. The second kappa shape index (κ2) is 5.54. The Morgan fingerprint density at radius 3 is 2.81 bits per heavy atom. The molecule has 1 aromatic carbocycles. The summed E-state index contributed by atoms with van der Waals surface area (Å²) in [4.78, 5) is 16.1. The summed E-state index contributed by atoms with van der Waals surface area (Å²) in [5.74, 6) is 0.447. The lowest BCUT2D eigenvalue weighted by Crippen LogP contribution is -1.96. The molecule has 0 unspecified atom stereocenters. The number of carboxylic acid groups (broad SMARTS) is 1. The summed E-state index contributed by atoms with van der Waals surface area (Å²) in [6.45, 7) is 3.76. The average Bonchev–Trinajstić information content (AvgIpc) is 2.97. The van der Waals surface area contributed by atoms with Crippen LogP contribution in [0.2, 0.25) is 0 Å². The van der Waals surface area contributed by atoms with Crippen LogP contribution in [-0.2, 0) is 5.75 Å². The van der Waals surface area contributed by atoms with Gasteiger partial charge in [-0.05, 0) is 30.9 Å². The monoisotopic (exact) mass is 319 g/mol. The fourth-order valence-corrected chi connectivity index (χ4v) is 4.16. The number of aromatic nitrogens is 1. The highest BCUT2D eigenvalue weighted by Gasteiger charge is 2.18. The van der Waals surface area contributed by atoms with E-state index in [9.17, 15) is 9.90 Å². The Hall–Kier alpha value is -1.79. The van der Waals surface area contributed by atoms with Gasteiger partial charge in [0.05, 0.1) is 5.69 Å². The molecule has 21 heavy (non-hydrogen) atoms. The first-order valence-electron chi connectivity index (χ1n) is 6.37. The summed E-state index contributed by atoms with van der Waals surface area (Å²) in [5.41, 5.74) is 1.70. The van der Waals surface area contributed by atoms with Gasteiger partial charge in [-0.15, -0.1) is 11.3 Å². The zero-order chi connectivity index (χ0) is 15.0. The average molecular weight is 319 g/mol. The fraction of sp³-hybridized carbons (Fsp3) is 0.200. The molecule has 6 heteroatoms. The molecule has 3 rings (SSSR count). The fourth-order valence-electron chi connectivity index (χ4n) is 2.05. The number of nitrogens with zero attached hydrogens (tertiary/aromatic N) is 1. The molecule has 0 atom stereocenters. The van der Waals surface area contributed by atoms with E-state index >= 15 is 0 Å². The third kappa shape index (κ3) is 2.69. The molecular weight excluding hydrogens is 306 g/mol. The zero-order valence-electron chi connectivity index (χ0n) is 11.5. The maximum absolute atomic E-state index is 11.4. The van der Waals surface area contributed by atoms with E-state index in [1.165, 1.54) is 23.1 Å². The summed E-state index contributed by atoms with van der Waals surface area (Å²) < 4.78 is 6.52. The number of aromatic carboxylic acids is 1. The van der Waals surface area contributed by atoms with Gasteiger partial charge in [0.1, 0.15) is 10.6 Å². The van der Waals surface area contributed by atoms with Crippen LogP contribution in [0.5, 0.6) is 0 Å². The highest BCUT2D eigenvalue weighted by atomic mass is 32.2. The minimum Gasteiger partial charge on any atom is -0.477 e. The Balaban J connectivity index is 1.95. The number of oxazole rings is 1. The molecule has 4 nitrogen and oxygen atoms in total. The van der Waals surface area contributed by atoms with E-state index in [1.54, 1.807) is 0 Å². The van der Waals surface area contributed by atoms with Gasteiger partial charge in [0.25, 0.3) is 5.22 Å². The van der Waals surface area contributed by atoms with Crippen molar-refractivity contribution in [1.82, 2.24) is 4.98 Å². The minimum atomic E-state index is -0.883. The predicted molar refractivity (Wildman–Crippen MR) is 84.3 cm³/mol. The van der Waals surface area contributed by atoms with Crippen molar-refractivity contribution in [3.63, 3.8) is 0 Å². The number of hydrogen-bond donors (Lipinski definition) is 1. The third-order valence-corrected chi connectivity index (χ3v) is 5.30. The van der Waals surface area contributed by atoms with E-state index in [0.29, 0.717) is 15.9 Å². The van der Waals surface area contributed by atoms with E-state index in [2.05, 4.69) is 4.98 Å². The Bertz CT molecular complexity index is 800. The van der Waals surface area contributed by atoms with Gasteiger partial charge < -0.3 is 9.52 Å². The Labute approximate surface area is 129 Å². The van der Waals surface area contributed by atoms with Crippen LogP contribution in [0.1, 0.15) is 26.7 Å². The van der Waals surface area contributed by atoms with E-state index < -0.39 is 5.97 Å². The first-order chi connectivity index (χ1) is 10.1. The largest absolute Gasteiger partial charge is 0.477 e. The SMILES string of the molecule is Cc1nc(SCc2c(C(=O)O)sc3ccccc23)oc1C. The molecule has 0 aliphatic carbocycles. The number of carbonyl (C=O) groups is 1. The van der Waals surface area contributed by atoms with Crippen molar-refractivity contribution in [2.24, 2.45) is 0 Å². The van der Waals surface area contributed by atoms with Gasteiger partial charge in [-0.3, -0.25) is 0 Å². The van der Waals surface area contributed by atoms with Crippen LogP contribution in [0, 0.1) is 13.8 Å². The van der Waals surface area contributed by atoms with Crippen molar-refractivity contribution in [2.75, 3.05) is 0 Å². The molecule has 2 heterocycles. The summed E-state index contributed by atoms with van der Waals surface area (Å²) in [6.07, 6.45) is 0. The Morgan fingerprint density at radius 2 is 2.14 bits per heavy atom. The van der Waals surface area contributed by atoms with Gasteiger partial charge >= 0.3 is 5.97 Å². The van der Waals surface area contributed by atoms with Gasteiger partial charge in [0, 0.05) is 10.5 Å². The van der Waals surface area contributed by atoms with E-state index in [0.717, 1.165) is 27.1 Å². The molecule has 0 radical (unpaired) electrons. The smallest absolute Gasteiger partial charge is 0.346 e. The molecule has 2 aromatic heterocycles. The normalized spacial score (nSPS) is 11.1. The summed E-state index contributed by atoms with van der Waals surface area (Å²) in [6, 6.07) is 7.75. The lowest BCUT2D eigenvalue weighted by Gasteiger charge is -1.99. The number of hydrogen-bond acceptors (Lipinski definition) is 5. The predicted octanol–water partition coefficient (Wildman–Crippen LogP) is 4.50. The number of benzene rings is 1. The van der Waals surface area contributed by atoms with E-state index in [4.69, 9.17) is 4.42 Å². The molecule has 0 aliphatic rings. The quantitative estimate of drug-likeness (QED) is 0.717. The van der Waals surface area contributed by atoms with Crippen molar-refractivity contribution in [2.45, 2.75) is 24.8 Å². The van der Waals surface area contributed by atoms with Gasteiger partial charge in [-0.25, -0.2) is 9.78 Å². The highest BCUT2D eigenvalue weighted by Crippen LogP contribution is 2.35. The number of rotatable bonds is 4. The molecule has 0 fully saturated rings. The van der Waals surface area contributed by atoms with Crippen molar-refractivity contribution in [3.05, 3.63) is 46.2 Å². The van der Waals surface area contributed by atoms with Crippen molar-refractivity contribution < 1.29 is 14.3 Å². The number of thioether (sulfide) groups is 1. The van der Waals surface area contributed by atoms with Gasteiger partial charge in [-0.2, -0.15) is 0 Å². The first-order valence-corrected chi connectivity index (χ1v) is 8.17. The Kier molecular flexibility index (Phi) is 3.73. The molecule has 0 amide bonds. The van der Waals surface area contributed by atoms with Gasteiger partial charge in [0.2, 0.25) is 0 Å².